The van der Waals surface area contributed by atoms with Crippen LogP contribution in [-0.4, -0.2) is 19.6 Å². The van der Waals surface area contributed by atoms with E-state index in [0.29, 0.717) is 5.92 Å². The maximum atomic E-state index is 3.62. The van der Waals surface area contributed by atoms with Gasteiger partial charge in [-0.3, -0.25) is 0 Å². The van der Waals surface area contributed by atoms with Gasteiger partial charge < -0.3 is 10.6 Å². The zero-order valence-electron chi connectivity index (χ0n) is 11.0. The van der Waals surface area contributed by atoms with Crippen LogP contribution in [0.1, 0.15) is 38.2 Å². The molecule has 1 heterocycles. The second-order valence-corrected chi connectivity index (χ2v) is 5.17. The van der Waals surface area contributed by atoms with Crippen molar-refractivity contribution in [3.05, 3.63) is 29.8 Å². The van der Waals surface area contributed by atoms with Gasteiger partial charge in [-0.2, -0.15) is 0 Å². The molecule has 2 N–H and O–H groups in total. The van der Waals surface area contributed by atoms with E-state index < -0.39 is 0 Å². The third-order valence-corrected chi connectivity index (χ3v) is 3.79. The predicted molar refractivity (Wildman–Crippen MR) is 74.6 cm³/mol. The van der Waals surface area contributed by atoms with Crippen molar-refractivity contribution < 1.29 is 0 Å². The van der Waals surface area contributed by atoms with Crippen molar-refractivity contribution in [2.45, 2.75) is 32.6 Å². The lowest BCUT2D eigenvalue weighted by Gasteiger charge is -2.27. The minimum Gasteiger partial charge on any atom is -0.385 e. The molecule has 94 valence electrons. The minimum absolute atomic E-state index is 0.677. The van der Waals surface area contributed by atoms with Gasteiger partial charge in [-0.1, -0.05) is 38.5 Å². The number of rotatable bonds is 5. The van der Waals surface area contributed by atoms with E-state index in [4.69, 9.17) is 0 Å². The molecule has 0 aromatic heterocycles. The number of hydrogen-bond donors (Lipinski definition) is 2. The molecule has 1 aromatic rings. The van der Waals surface area contributed by atoms with Gasteiger partial charge in [0.15, 0.2) is 0 Å². The Bertz CT molecular complexity index is 349. The largest absolute Gasteiger partial charge is 0.385 e. The molecular formula is C15H24N2. The van der Waals surface area contributed by atoms with E-state index in [1.54, 1.807) is 0 Å². The Hall–Kier alpha value is -1.02. The van der Waals surface area contributed by atoms with Crippen LogP contribution in [0.3, 0.4) is 0 Å². The second-order valence-electron chi connectivity index (χ2n) is 5.17. The topological polar surface area (TPSA) is 24.1 Å². The molecule has 0 saturated carbocycles. The molecule has 0 radical (unpaired) electrons. The number of anilines is 1. The highest BCUT2D eigenvalue weighted by Gasteiger charge is 2.18. The Labute approximate surface area is 105 Å². The number of nitrogens with one attached hydrogen (secondary N) is 2. The highest BCUT2D eigenvalue weighted by Crippen LogP contribution is 2.30. The van der Waals surface area contributed by atoms with Crippen molar-refractivity contribution in [3.8, 4) is 0 Å². The normalized spacial score (nSPS) is 20.5. The van der Waals surface area contributed by atoms with Crippen LogP contribution in [0.25, 0.3) is 0 Å². The lowest BCUT2D eigenvalue weighted by molar-refractivity contribution is 0.470. The molecular weight excluding hydrogens is 208 g/mol. The predicted octanol–water partition coefficient (Wildman–Crippen LogP) is 3.22. The Morgan fingerprint density at radius 2 is 2.24 bits per heavy atom. The van der Waals surface area contributed by atoms with E-state index in [1.165, 1.54) is 24.1 Å². The molecule has 0 saturated heterocycles. The summed E-state index contributed by atoms with van der Waals surface area (Å²) in [5, 5.41) is 7.09. The number of benzene rings is 1. The molecule has 17 heavy (non-hydrogen) atoms. The molecule has 0 spiro atoms. The van der Waals surface area contributed by atoms with Crippen LogP contribution >= 0.6 is 0 Å². The zero-order chi connectivity index (χ0) is 12.1. The number of para-hydroxylation sites is 1. The molecule has 2 heteroatoms. The van der Waals surface area contributed by atoms with E-state index in [-0.39, 0.29) is 0 Å². The van der Waals surface area contributed by atoms with Gasteiger partial charge in [-0.05, 0) is 30.5 Å². The average Bonchev–Trinajstić information content (AvgIpc) is 2.39. The fourth-order valence-corrected chi connectivity index (χ4v) is 2.41. The summed E-state index contributed by atoms with van der Waals surface area (Å²) < 4.78 is 0. The van der Waals surface area contributed by atoms with Crippen molar-refractivity contribution in [1.29, 1.82) is 0 Å². The van der Waals surface area contributed by atoms with E-state index in [9.17, 15) is 0 Å². The Morgan fingerprint density at radius 1 is 1.41 bits per heavy atom. The third-order valence-electron chi connectivity index (χ3n) is 3.79. The first-order valence-corrected chi connectivity index (χ1v) is 6.84. The molecule has 0 amide bonds. The molecule has 1 aliphatic heterocycles. The lowest BCUT2D eigenvalue weighted by atomic mass is 9.91. The summed E-state index contributed by atoms with van der Waals surface area (Å²) in [5.74, 6) is 1.46. The van der Waals surface area contributed by atoms with Crippen LogP contribution in [0.5, 0.6) is 0 Å². The first kappa shape index (κ1) is 12.4. The van der Waals surface area contributed by atoms with E-state index in [0.717, 1.165) is 25.6 Å². The number of fused-ring (bicyclic) bond motifs is 1. The summed E-state index contributed by atoms with van der Waals surface area (Å²) >= 11 is 0. The highest BCUT2D eigenvalue weighted by molar-refractivity contribution is 5.54. The van der Waals surface area contributed by atoms with Crippen LogP contribution in [0.2, 0.25) is 0 Å². The molecule has 2 atom stereocenters. The molecule has 1 aromatic carbocycles. The van der Waals surface area contributed by atoms with Crippen molar-refractivity contribution in [3.63, 3.8) is 0 Å². The SMILES string of the molecule is CCC(C)CNCC1CCNc2ccccc21. The summed E-state index contributed by atoms with van der Waals surface area (Å²) in [5.41, 5.74) is 2.81. The van der Waals surface area contributed by atoms with Crippen LogP contribution < -0.4 is 10.6 Å². The highest BCUT2D eigenvalue weighted by atomic mass is 14.9. The molecule has 0 fully saturated rings. The van der Waals surface area contributed by atoms with Crippen LogP contribution in [0.15, 0.2) is 24.3 Å². The molecule has 2 rings (SSSR count). The van der Waals surface area contributed by atoms with Gasteiger partial charge in [0, 0.05) is 24.7 Å². The molecule has 0 aliphatic carbocycles. The zero-order valence-corrected chi connectivity index (χ0v) is 11.0. The number of hydrogen-bond acceptors (Lipinski definition) is 2. The Balaban J connectivity index is 1.90. The fourth-order valence-electron chi connectivity index (χ4n) is 2.41. The summed E-state index contributed by atoms with van der Waals surface area (Å²) in [6.45, 7) is 7.92. The average molecular weight is 232 g/mol. The van der Waals surface area contributed by atoms with Crippen molar-refractivity contribution in [1.82, 2.24) is 5.32 Å². The summed E-state index contributed by atoms with van der Waals surface area (Å²) in [7, 11) is 0. The van der Waals surface area contributed by atoms with E-state index >= 15 is 0 Å². The first-order valence-electron chi connectivity index (χ1n) is 6.84. The van der Waals surface area contributed by atoms with Gasteiger partial charge in [0.2, 0.25) is 0 Å². The fraction of sp³-hybridized carbons (Fsp3) is 0.600. The smallest absolute Gasteiger partial charge is 0.0376 e. The quantitative estimate of drug-likeness (QED) is 0.814. The van der Waals surface area contributed by atoms with Gasteiger partial charge in [0.25, 0.3) is 0 Å². The van der Waals surface area contributed by atoms with Crippen LogP contribution in [-0.2, 0) is 0 Å². The first-order chi connectivity index (χ1) is 8.31. The summed E-state index contributed by atoms with van der Waals surface area (Å²) in [6, 6.07) is 8.71. The van der Waals surface area contributed by atoms with Gasteiger partial charge in [0.1, 0.15) is 0 Å². The van der Waals surface area contributed by atoms with E-state index in [2.05, 4.69) is 48.7 Å². The van der Waals surface area contributed by atoms with Gasteiger partial charge >= 0.3 is 0 Å². The Morgan fingerprint density at radius 3 is 3.06 bits per heavy atom. The van der Waals surface area contributed by atoms with E-state index in [1.807, 2.05) is 0 Å². The molecule has 2 nitrogen and oxygen atoms in total. The molecule has 1 aliphatic rings. The second kappa shape index (κ2) is 6.06. The van der Waals surface area contributed by atoms with Crippen LogP contribution in [0, 0.1) is 5.92 Å². The van der Waals surface area contributed by atoms with Gasteiger partial charge in [0.05, 0.1) is 0 Å². The monoisotopic (exact) mass is 232 g/mol. The Kier molecular flexibility index (Phi) is 4.43. The summed E-state index contributed by atoms with van der Waals surface area (Å²) in [4.78, 5) is 0. The maximum absolute atomic E-state index is 3.62. The van der Waals surface area contributed by atoms with Crippen LogP contribution in [0.4, 0.5) is 5.69 Å². The maximum Gasteiger partial charge on any atom is 0.0376 e. The standard InChI is InChI=1S/C15H24N2/c1-3-12(2)10-16-11-13-8-9-17-15-7-5-4-6-14(13)15/h4-7,12-13,16-17H,3,8-11H2,1-2H3. The summed E-state index contributed by atoms with van der Waals surface area (Å²) in [6.07, 6.45) is 2.50. The molecule has 2 unspecified atom stereocenters. The molecule has 0 bridgehead atoms. The van der Waals surface area contributed by atoms with Crippen molar-refractivity contribution >= 4 is 5.69 Å². The van der Waals surface area contributed by atoms with Gasteiger partial charge in [-0.15, -0.1) is 0 Å². The van der Waals surface area contributed by atoms with Crippen molar-refractivity contribution in [2.24, 2.45) is 5.92 Å². The minimum atomic E-state index is 0.677. The third kappa shape index (κ3) is 3.22. The lowest BCUT2D eigenvalue weighted by Crippen LogP contribution is -2.29. The van der Waals surface area contributed by atoms with Crippen molar-refractivity contribution in [2.75, 3.05) is 25.0 Å². The van der Waals surface area contributed by atoms with Gasteiger partial charge in [-0.25, -0.2) is 0 Å².